The summed E-state index contributed by atoms with van der Waals surface area (Å²) in [6, 6.07) is 15.9. The standard InChI is InChI=1S/C26H28N2O4S/c1-17-13-18(2)24(19(3)14-17)27-23(29)16-32-26(30)22-15-21(20-7-5-4-6-8-20)25(33-22)28-9-11-31-12-10-28/h4-8,13-15H,9-12,16H2,1-3H3,(H,27,29). The van der Waals surface area contributed by atoms with Gasteiger partial charge in [-0.15, -0.1) is 11.3 Å². The number of thiophene rings is 1. The number of amides is 1. The molecule has 2 heterocycles. The number of carbonyl (C=O) groups excluding carboxylic acids is 2. The summed E-state index contributed by atoms with van der Waals surface area (Å²) in [5.74, 6) is -0.851. The van der Waals surface area contributed by atoms with Crippen LogP contribution >= 0.6 is 11.3 Å². The number of nitrogens with one attached hydrogen (secondary N) is 1. The third-order valence-corrected chi connectivity index (χ3v) is 6.75. The van der Waals surface area contributed by atoms with Crippen LogP contribution in [0.2, 0.25) is 0 Å². The van der Waals surface area contributed by atoms with Gasteiger partial charge in [-0.3, -0.25) is 4.79 Å². The Labute approximate surface area is 198 Å². The molecule has 3 aromatic rings. The van der Waals surface area contributed by atoms with Crippen molar-refractivity contribution in [1.82, 2.24) is 0 Å². The van der Waals surface area contributed by atoms with E-state index < -0.39 is 5.97 Å². The van der Waals surface area contributed by atoms with Crippen molar-refractivity contribution in [1.29, 1.82) is 0 Å². The van der Waals surface area contributed by atoms with E-state index in [0.29, 0.717) is 18.1 Å². The van der Waals surface area contributed by atoms with Gasteiger partial charge in [0.1, 0.15) is 4.88 Å². The van der Waals surface area contributed by atoms with E-state index in [1.165, 1.54) is 11.3 Å². The molecule has 1 aliphatic rings. The number of carbonyl (C=O) groups is 2. The number of esters is 1. The Kier molecular flexibility index (Phi) is 7.11. The van der Waals surface area contributed by atoms with Gasteiger partial charge in [-0.25, -0.2) is 4.79 Å². The summed E-state index contributed by atoms with van der Waals surface area (Å²) in [7, 11) is 0. The highest BCUT2D eigenvalue weighted by Gasteiger charge is 2.23. The Morgan fingerprint density at radius 2 is 1.70 bits per heavy atom. The Morgan fingerprint density at radius 1 is 1.03 bits per heavy atom. The molecular weight excluding hydrogens is 436 g/mol. The number of rotatable bonds is 6. The molecule has 0 spiro atoms. The summed E-state index contributed by atoms with van der Waals surface area (Å²) in [6.45, 7) is 8.43. The minimum Gasteiger partial charge on any atom is -0.451 e. The van der Waals surface area contributed by atoms with Crippen LogP contribution in [0.25, 0.3) is 11.1 Å². The molecule has 1 fully saturated rings. The van der Waals surface area contributed by atoms with Gasteiger partial charge in [-0.1, -0.05) is 48.0 Å². The predicted octanol–water partition coefficient (Wildman–Crippen LogP) is 4.97. The molecule has 7 heteroatoms. The van der Waals surface area contributed by atoms with Gasteiger partial charge in [0.25, 0.3) is 5.91 Å². The van der Waals surface area contributed by atoms with Crippen molar-refractivity contribution in [3.05, 3.63) is 70.1 Å². The number of benzene rings is 2. The molecule has 1 aromatic heterocycles. The maximum absolute atomic E-state index is 12.8. The van der Waals surface area contributed by atoms with Gasteiger partial charge in [0.2, 0.25) is 0 Å². The van der Waals surface area contributed by atoms with Gasteiger partial charge in [0.15, 0.2) is 6.61 Å². The number of aryl methyl sites for hydroxylation is 3. The third kappa shape index (κ3) is 5.43. The second kappa shape index (κ2) is 10.2. The Bertz CT molecular complexity index is 1130. The molecule has 1 amide bonds. The van der Waals surface area contributed by atoms with Crippen molar-refractivity contribution in [3.8, 4) is 11.1 Å². The first kappa shape index (κ1) is 23.0. The van der Waals surface area contributed by atoms with Gasteiger partial charge in [-0.2, -0.15) is 0 Å². The maximum atomic E-state index is 12.8. The number of nitrogens with zero attached hydrogens (tertiary/aromatic N) is 1. The highest BCUT2D eigenvalue weighted by Crippen LogP contribution is 2.39. The second-order valence-electron chi connectivity index (χ2n) is 8.19. The normalized spacial score (nSPS) is 13.6. The smallest absolute Gasteiger partial charge is 0.348 e. The topological polar surface area (TPSA) is 67.9 Å². The molecule has 172 valence electrons. The first-order valence-electron chi connectivity index (χ1n) is 11.0. The molecule has 0 atom stereocenters. The van der Waals surface area contributed by atoms with Gasteiger partial charge in [-0.05, 0) is 43.5 Å². The van der Waals surface area contributed by atoms with Crippen LogP contribution < -0.4 is 10.2 Å². The van der Waals surface area contributed by atoms with E-state index >= 15 is 0 Å². The average Bonchev–Trinajstić information content (AvgIpc) is 3.27. The van der Waals surface area contributed by atoms with Crippen LogP contribution in [0, 0.1) is 20.8 Å². The van der Waals surface area contributed by atoms with E-state index in [1.54, 1.807) is 0 Å². The Balaban J connectivity index is 1.48. The van der Waals surface area contributed by atoms with Crippen molar-refractivity contribution in [2.45, 2.75) is 20.8 Å². The van der Waals surface area contributed by atoms with Crippen LogP contribution in [0.15, 0.2) is 48.5 Å². The van der Waals surface area contributed by atoms with Crippen LogP contribution in [-0.2, 0) is 14.3 Å². The van der Waals surface area contributed by atoms with Crippen molar-refractivity contribution in [2.24, 2.45) is 0 Å². The molecule has 0 radical (unpaired) electrons. The lowest BCUT2D eigenvalue weighted by Crippen LogP contribution is -2.35. The zero-order chi connectivity index (χ0) is 23.4. The minimum atomic E-state index is -0.496. The molecule has 0 saturated carbocycles. The number of ether oxygens (including phenoxy) is 2. The minimum absolute atomic E-state index is 0.336. The summed E-state index contributed by atoms with van der Waals surface area (Å²) in [6.07, 6.45) is 0. The fraction of sp³-hybridized carbons (Fsp3) is 0.308. The van der Waals surface area contributed by atoms with E-state index in [1.807, 2.05) is 69.3 Å². The summed E-state index contributed by atoms with van der Waals surface area (Å²) in [5.41, 5.74) is 5.89. The van der Waals surface area contributed by atoms with Crippen LogP contribution in [-0.4, -0.2) is 44.8 Å². The lowest BCUT2D eigenvalue weighted by molar-refractivity contribution is -0.119. The molecule has 1 N–H and O–H groups in total. The molecule has 33 heavy (non-hydrogen) atoms. The van der Waals surface area contributed by atoms with E-state index in [-0.39, 0.29) is 12.5 Å². The van der Waals surface area contributed by atoms with Gasteiger partial charge in [0, 0.05) is 24.3 Å². The van der Waals surface area contributed by atoms with Crippen LogP contribution in [0.3, 0.4) is 0 Å². The van der Waals surface area contributed by atoms with Crippen LogP contribution in [0.5, 0.6) is 0 Å². The molecule has 4 rings (SSSR count). The molecule has 2 aromatic carbocycles. The number of hydrogen-bond donors (Lipinski definition) is 1. The third-order valence-electron chi connectivity index (χ3n) is 5.57. The van der Waals surface area contributed by atoms with Crippen molar-refractivity contribution < 1.29 is 19.1 Å². The second-order valence-corrected chi connectivity index (χ2v) is 9.22. The van der Waals surface area contributed by atoms with E-state index in [2.05, 4.69) is 10.2 Å². The fourth-order valence-electron chi connectivity index (χ4n) is 4.06. The van der Waals surface area contributed by atoms with Crippen molar-refractivity contribution >= 4 is 33.9 Å². The largest absolute Gasteiger partial charge is 0.451 e. The lowest BCUT2D eigenvalue weighted by atomic mass is 10.1. The Hall–Kier alpha value is -3.16. The highest BCUT2D eigenvalue weighted by molar-refractivity contribution is 7.18. The van der Waals surface area contributed by atoms with Gasteiger partial charge < -0.3 is 19.7 Å². The van der Waals surface area contributed by atoms with Crippen LogP contribution in [0.1, 0.15) is 26.4 Å². The number of morpholine rings is 1. The zero-order valence-electron chi connectivity index (χ0n) is 19.1. The quantitative estimate of drug-likeness (QED) is 0.522. The first-order chi connectivity index (χ1) is 15.9. The van der Waals surface area contributed by atoms with E-state index in [9.17, 15) is 9.59 Å². The summed E-state index contributed by atoms with van der Waals surface area (Å²) in [4.78, 5) is 28.0. The van der Waals surface area contributed by atoms with Crippen molar-refractivity contribution in [3.63, 3.8) is 0 Å². The monoisotopic (exact) mass is 464 g/mol. The number of hydrogen-bond acceptors (Lipinski definition) is 6. The summed E-state index contributed by atoms with van der Waals surface area (Å²) in [5, 5.41) is 3.89. The summed E-state index contributed by atoms with van der Waals surface area (Å²) < 4.78 is 10.9. The molecule has 0 bridgehead atoms. The Morgan fingerprint density at radius 3 is 2.36 bits per heavy atom. The van der Waals surface area contributed by atoms with E-state index in [0.717, 1.165) is 51.6 Å². The highest BCUT2D eigenvalue weighted by atomic mass is 32.1. The first-order valence-corrected chi connectivity index (χ1v) is 11.8. The lowest BCUT2D eigenvalue weighted by Gasteiger charge is -2.28. The SMILES string of the molecule is Cc1cc(C)c(NC(=O)COC(=O)c2cc(-c3ccccc3)c(N3CCOCC3)s2)c(C)c1. The summed E-state index contributed by atoms with van der Waals surface area (Å²) >= 11 is 1.40. The van der Waals surface area contributed by atoms with Crippen molar-refractivity contribution in [2.75, 3.05) is 43.1 Å². The molecule has 1 saturated heterocycles. The molecule has 6 nitrogen and oxygen atoms in total. The van der Waals surface area contributed by atoms with Gasteiger partial charge >= 0.3 is 5.97 Å². The molecular formula is C26H28N2O4S. The average molecular weight is 465 g/mol. The fourth-order valence-corrected chi connectivity index (χ4v) is 5.19. The van der Waals surface area contributed by atoms with Gasteiger partial charge in [0.05, 0.1) is 18.2 Å². The zero-order valence-corrected chi connectivity index (χ0v) is 20.0. The number of anilines is 2. The predicted molar refractivity (Wildman–Crippen MR) is 132 cm³/mol. The molecule has 0 aliphatic carbocycles. The maximum Gasteiger partial charge on any atom is 0.348 e. The van der Waals surface area contributed by atoms with E-state index in [4.69, 9.17) is 9.47 Å². The molecule has 1 aliphatic heterocycles. The molecule has 0 unspecified atom stereocenters. The van der Waals surface area contributed by atoms with Crippen LogP contribution in [0.4, 0.5) is 10.7 Å².